The van der Waals surface area contributed by atoms with E-state index in [2.05, 4.69) is 15.1 Å². The summed E-state index contributed by atoms with van der Waals surface area (Å²) in [6.07, 6.45) is 0.576. The monoisotopic (exact) mass is 449 g/mol. The van der Waals surface area contributed by atoms with E-state index < -0.39 is 5.97 Å². The smallest absolute Gasteiger partial charge is 0.359 e. The molecule has 1 aliphatic rings. The van der Waals surface area contributed by atoms with Gasteiger partial charge in [0.1, 0.15) is 17.3 Å². The van der Waals surface area contributed by atoms with Gasteiger partial charge in [0.25, 0.3) is 5.91 Å². The van der Waals surface area contributed by atoms with Gasteiger partial charge in [-0.1, -0.05) is 12.1 Å². The van der Waals surface area contributed by atoms with E-state index in [1.165, 1.54) is 0 Å². The number of ether oxygens (including phenoxy) is 2. The Morgan fingerprint density at radius 2 is 1.88 bits per heavy atom. The van der Waals surface area contributed by atoms with E-state index in [0.717, 1.165) is 28.3 Å². The minimum atomic E-state index is -0.481. The third kappa shape index (κ3) is 4.72. The van der Waals surface area contributed by atoms with Gasteiger partial charge in [-0.05, 0) is 44.5 Å². The second kappa shape index (κ2) is 9.40. The van der Waals surface area contributed by atoms with Crippen molar-refractivity contribution in [2.75, 3.05) is 20.3 Å². The fourth-order valence-electron chi connectivity index (χ4n) is 4.05. The van der Waals surface area contributed by atoms with Crippen molar-refractivity contribution >= 4 is 11.9 Å². The number of carbonyl (C=O) groups excluding carboxylic acids is 2. The average molecular weight is 450 g/mol. The van der Waals surface area contributed by atoms with Gasteiger partial charge in [0.05, 0.1) is 26.8 Å². The minimum absolute atomic E-state index is 0.188. The zero-order valence-electron chi connectivity index (χ0n) is 19.3. The van der Waals surface area contributed by atoms with Crippen LogP contribution in [0.25, 0.3) is 0 Å². The Hall–Kier alpha value is -3.75. The lowest BCUT2D eigenvalue weighted by atomic mass is 10.0. The summed E-state index contributed by atoms with van der Waals surface area (Å²) >= 11 is 0. The van der Waals surface area contributed by atoms with E-state index in [1.54, 1.807) is 31.9 Å². The molecule has 9 heteroatoms. The third-order valence-electron chi connectivity index (χ3n) is 5.57. The van der Waals surface area contributed by atoms with Crippen molar-refractivity contribution in [1.82, 2.24) is 24.6 Å². The first-order valence-corrected chi connectivity index (χ1v) is 10.9. The lowest BCUT2D eigenvalue weighted by Gasteiger charge is -2.27. The molecular formula is C24H27N5O4. The second-order valence-corrected chi connectivity index (χ2v) is 7.92. The van der Waals surface area contributed by atoms with Crippen molar-refractivity contribution in [2.24, 2.45) is 0 Å². The second-order valence-electron chi connectivity index (χ2n) is 7.92. The van der Waals surface area contributed by atoms with E-state index in [1.807, 2.05) is 35.9 Å². The highest BCUT2D eigenvalue weighted by atomic mass is 16.5. The number of nitrogens with zero attached hydrogens (tertiary/aromatic N) is 5. The largest absolute Gasteiger partial charge is 0.497 e. The molecule has 2 aromatic heterocycles. The quantitative estimate of drug-likeness (QED) is 0.534. The first-order valence-electron chi connectivity index (χ1n) is 10.9. The SMILES string of the molecule is CCOC(=O)c1nn(Cc2ccc(OC)cc2)c2c1CN(C(=O)c1cc(C)nc(C)n1)CC2. The van der Waals surface area contributed by atoms with Crippen molar-refractivity contribution in [2.45, 2.75) is 40.3 Å². The number of methoxy groups -OCH3 is 1. The van der Waals surface area contributed by atoms with E-state index in [0.29, 0.717) is 31.0 Å². The maximum Gasteiger partial charge on any atom is 0.359 e. The van der Waals surface area contributed by atoms with Crippen molar-refractivity contribution in [3.8, 4) is 5.75 Å². The highest BCUT2D eigenvalue weighted by Gasteiger charge is 2.31. The van der Waals surface area contributed by atoms with E-state index in [-0.39, 0.29) is 24.8 Å². The van der Waals surface area contributed by atoms with Gasteiger partial charge in [-0.3, -0.25) is 9.48 Å². The van der Waals surface area contributed by atoms with E-state index >= 15 is 0 Å². The van der Waals surface area contributed by atoms with Crippen LogP contribution in [0.2, 0.25) is 0 Å². The van der Waals surface area contributed by atoms with Gasteiger partial charge in [0.2, 0.25) is 0 Å². The zero-order chi connectivity index (χ0) is 23.5. The molecule has 0 bridgehead atoms. The van der Waals surface area contributed by atoms with Crippen LogP contribution in [0.15, 0.2) is 30.3 Å². The topological polar surface area (TPSA) is 99.4 Å². The number of aromatic nitrogens is 4. The van der Waals surface area contributed by atoms with Crippen molar-refractivity contribution in [3.63, 3.8) is 0 Å². The highest BCUT2D eigenvalue weighted by Crippen LogP contribution is 2.26. The molecule has 4 rings (SSSR count). The molecule has 0 aliphatic carbocycles. The van der Waals surface area contributed by atoms with Crippen LogP contribution in [-0.2, 0) is 24.2 Å². The van der Waals surface area contributed by atoms with E-state index in [9.17, 15) is 9.59 Å². The average Bonchev–Trinajstić information content (AvgIpc) is 3.16. The lowest BCUT2D eigenvalue weighted by Crippen LogP contribution is -2.37. The normalized spacial score (nSPS) is 12.9. The van der Waals surface area contributed by atoms with Gasteiger partial charge in [-0.2, -0.15) is 5.10 Å². The summed E-state index contributed by atoms with van der Waals surface area (Å²) in [6, 6.07) is 9.40. The van der Waals surface area contributed by atoms with Gasteiger partial charge in [-0.25, -0.2) is 14.8 Å². The third-order valence-corrected chi connectivity index (χ3v) is 5.57. The van der Waals surface area contributed by atoms with Crippen LogP contribution in [0.3, 0.4) is 0 Å². The molecule has 3 aromatic rings. The van der Waals surface area contributed by atoms with Crippen molar-refractivity contribution in [1.29, 1.82) is 0 Å². The first-order chi connectivity index (χ1) is 15.9. The molecule has 0 N–H and O–H groups in total. The Morgan fingerprint density at radius 1 is 1.12 bits per heavy atom. The van der Waals surface area contributed by atoms with E-state index in [4.69, 9.17) is 9.47 Å². The van der Waals surface area contributed by atoms with Crippen LogP contribution in [0, 0.1) is 13.8 Å². The van der Waals surface area contributed by atoms with Crippen LogP contribution < -0.4 is 4.74 Å². The zero-order valence-corrected chi connectivity index (χ0v) is 19.3. The molecule has 0 fully saturated rings. The molecule has 172 valence electrons. The Kier molecular flexibility index (Phi) is 6.39. The minimum Gasteiger partial charge on any atom is -0.497 e. The standard InChI is InChI=1S/C24H27N5O4/c1-5-33-24(31)22-19-14-28(23(30)20-12-15(2)25-16(3)26-20)11-10-21(19)29(27-22)13-17-6-8-18(32-4)9-7-17/h6-9,12H,5,10-11,13-14H2,1-4H3. The Labute approximate surface area is 192 Å². The molecule has 0 spiro atoms. The summed E-state index contributed by atoms with van der Waals surface area (Å²) in [5, 5.41) is 4.59. The molecule has 1 amide bonds. The number of hydrogen-bond donors (Lipinski definition) is 0. The number of hydrogen-bond acceptors (Lipinski definition) is 7. The number of benzene rings is 1. The first kappa shape index (κ1) is 22.4. The molecule has 0 radical (unpaired) electrons. The molecule has 1 aliphatic heterocycles. The van der Waals surface area contributed by atoms with Gasteiger partial charge in [0.15, 0.2) is 5.69 Å². The summed E-state index contributed by atoms with van der Waals surface area (Å²) in [6.45, 7) is 6.89. The van der Waals surface area contributed by atoms with Crippen LogP contribution in [-0.4, -0.2) is 56.8 Å². The van der Waals surface area contributed by atoms with Crippen LogP contribution in [0.1, 0.15) is 56.2 Å². The molecule has 33 heavy (non-hydrogen) atoms. The number of esters is 1. The molecule has 0 unspecified atom stereocenters. The van der Waals surface area contributed by atoms with Crippen LogP contribution in [0.5, 0.6) is 5.75 Å². The predicted octanol–water partition coefficient (Wildman–Crippen LogP) is 2.72. The Bertz CT molecular complexity index is 1170. The Morgan fingerprint density at radius 3 is 2.55 bits per heavy atom. The summed E-state index contributed by atoms with van der Waals surface area (Å²) < 4.78 is 12.3. The number of amides is 1. The van der Waals surface area contributed by atoms with Gasteiger partial charge < -0.3 is 14.4 Å². The molecule has 0 saturated carbocycles. The number of fused-ring (bicyclic) bond motifs is 1. The fraction of sp³-hybridized carbons (Fsp3) is 0.375. The van der Waals surface area contributed by atoms with Gasteiger partial charge in [0, 0.05) is 29.9 Å². The molecule has 9 nitrogen and oxygen atoms in total. The van der Waals surface area contributed by atoms with Crippen LogP contribution >= 0.6 is 0 Å². The maximum absolute atomic E-state index is 13.2. The van der Waals surface area contributed by atoms with Gasteiger partial charge >= 0.3 is 5.97 Å². The maximum atomic E-state index is 13.2. The number of carbonyl (C=O) groups is 2. The number of aryl methyl sites for hydroxylation is 2. The molecular weight excluding hydrogens is 422 g/mol. The molecule has 0 saturated heterocycles. The summed E-state index contributed by atoms with van der Waals surface area (Å²) in [5.41, 5.74) is 4.04. The summed E-state index contributed by atoms with van der Waals surface area (Å²) in [4.78, 5) is 36.1. The lowest BCUT2D eigenvalue weighted by molar-refractivity contribution is 0.0513. The summed E-state index contributed by atoms with van der Waals surface area (Å²) in [7, 11) is 1.63. The van der Waals surface area contributed by atoms with Crippen LogP contribution in [0.4, 0.5) is 0 Å². The van der Waals surface area contributed by atoms with Crippen molar-refractivity contribution in [3.05, 3.63) is 70.1 Å². The van der Waals surface area contributed by atoms with Crippen molar-refractivity contribution < 1.29 is 19.1 Å². The molecule has 1 aromatic carbocycles. The molecule has 3 heterocycles. The van der Waals surface area contributed by atoms with Gasteiger partial charge in [-0.15, -0.1) is 0 Å². The number of rotatable bonds is 6. The highest BCUT2D eigenvalue weighted by molar-refractivity contribution is 5.93. The molecule has 0 atom stereocenters. The summed E-state index contributed by atoms with van der Waals surface area (Å²) in [5.74, 6) is 0.658. The predicted molar refractivity (Wildman–Crippen MR) is 120 cm³/mol. The fourth-order valence-corrected chi connectivity index (χ4v) is 4.05. The Balaban J connectivity index is 1.64.